The van der Waals surface area contributed by atoms with Crippen LogP contribution in [0, 0.1) is 17.3 Å². The molecule has 0 aliphatic carbocycles. The Kier molecular flexibility index (Phi) is 13.0. The van der Waals surface area contributed by atoms with E-state index in [0.29, 0.717) is 57.5 Å². The number of methoxy groups -OCH3 is 1. The Labute approximate surface area is 280 Å². The molecule has 3 rings (SSSR count). The van der Waals surface area contributed by atoms with Gasteiger partial charge in [-0.05, 0) is 86.1 Å². The van der Waals surface area contributed by atoms with E-state index in [-0.39, 0.29) is 17.4 Å². The van der Waals surface area contributed by atoms with Gasteiger partial charge < -0.3 is 14.4 Å². The number of halogens is 2. The summed E-state index contributed by atoms with van der Waals surface area (Å²) in [4.78, 5) is 34.1. The number of carbonyl (C=O) groups is 2. The molecule has 248 valence electrons. The Morgan fingerprint density at radius 1 is 1.02 bits per heavy atom. The number of amides is 1. The topological polar surface area (TPSA) is 68.2 Å². The highest BCUT2D eigenvalue weighted by atomic mass is 35.5. The molecule has 0 aromatic heterocycles. The van der Waals surface area contributed by atoms with E-state index in [1.54, 1.807) is 24.3 Å². The van der Waals surface area contributed by atoms with Gasteiger partial charge in [0.05, 0.1) is 35.4 Å². The molecule has 0 spiro atoms. The van der Waals surface area contributed by atoms with Crippen molar-refractivity contribution in [1.29, 1.82) is 0 Å². The Balaban J connectivity index is 2.11. The average molecular weight is 660 g/mol. The van der Waals surface area contributed by atoms with Gasteiger partial charge in [-0.15, -0.1) is 0 Å². The van der Waals surface area contributed by atoms with Crippen molar-refractivity contribution in [2.45, 2.75) is 112 Å². The number of carbonyl (C=O) groups excluding carboxylic acids is 2. The third-order valence-corrected chi connectivity index (χ3v) is 9.07. The molecule has 0 bridgehead atoms. The van der Waals surface area contributed by atoms with Crippen molar-refractivity contribution < 1.29 is 19.1 Å². The Hall–Kier alpha value is -2.57. The van der Waals surface area contributed by atoms with Crippen LogP contribution < -0.4 is 4.74 Å². The lowest BCUT2D eigenvalue weighted by molar-refractivity contribution is -0.131. The third kappa shape index (κ3) is 9.71. The van der Waals surface area contributed by atoms with Crippen LogP contribution in [-0.2, 0) is 9.53 Å². The summed E-state index contributed by atoms with van der Waals surface area (Å²) < 4.78 is 11.0. The lowest BCUT2D eigenvalue weighted by Crippen LogP contribution is -2.48. The fraction of sp³-hybridized carbons (Fsp3) is 0.595. The van der Waals surface area contributed by atoms with Crippen molar-refractivity contribution in [2.75, 3.05) is 13.7 Å². The number of hydrogen-bond donors (Lipinski definition) is 0. The Morgan fingerprint density at radius 2 is 1.69 bits per heavy atom. The summed E-state index contributed by atoms with van der Waals surface area (Å²) in [5, 5.41) is 0.769. The van der Waals surface area contributed by atoms with Crippen LogP contribution in [0.4, 0.5) is 0 Å². The summed E-state index contributed by atoms with van der Waals surface area (Å²) in [7, 11) is 1.37. The predicted molar refractivity (Wildman–Crippen MR) is 186 cm³/mol. The molecule has 3 atom stereocenters. The maximum absolute atomic E-state index is 14.7. The third-order valence-electron chi connectivity index (χ3n) is 8.47. The van der Waals surface area contributed by atoms with Crippen LogP contribution in [0.2, 0.25) is 10.0 Å². The molecule has 0 fully saturated rings. The van der Waals surface area contributed by atoms with Gasteiger partial charge in [-0.1, -0.05) is 96.6 Å². The molecule has 1 aliphatic heterocycles. The van der Waals surface area contributed by atoms with E-state index in [4.69, 9.17) is 37.7 Å². The van der Waals surface area contributed by atoms with Crippen molar-refractivity contribution in [2.24, 2.45) is 22.2 Å². The second kappa shape index (κ2) is 15.8. The van der Waals surface area contributed by atoms with Gasteiger partial charge in [0, 0.05) is 5.56 Å². The zero-order chi connectivity index (χ0) is 33.5. The SMILES string of the molecule is CCCC(C)CC1(C)N=C(c2cc(OCCCC(C)C)c(Cl)cc2Cl)C(=O)N1[C@H](CCC(C)(C)C)c1ccc(C(=O)OC)cc1. The van der Waals surface area contributed by atoms with E-state index < -0.39 is 11.6 Å². The van der Waals surface area contributed by atoms with Crippen LogP contribution in [0.3, 0.4) is 0 Å². The van der Waals surface area contributed by atoms with Crippen molar-refractivity contribution in [3.05, 3.63) is 63.1 Å². The normalized spacial score (nSPS) is 18.3. The van der Waals surface area contributed by atoms with Gasteiger partial charge in [-0.25, -0.2) is 4.79 Å². The molecule has 6 nitrogen and oxygen atoms in total. The molecule has 1 amide bonds. The van der Waals surface area contributed by atoms with E-state index in [0.717, 1.165) is 44.1 Å². The highest BCUT2D eigenvalue weighted by molar-refractivity contribution is 6.50. The summed E-state index contributed by atoms with van der Waals surface area (Å²) in [6.45, 7) is 18.0. The smallest absolute Gasteiger partial charge is 0.337 e. The molecule has 1 heterocycles. The van der Waals surface area contributed by atoms with E-state index in [1.165, 1.54) is 7.11 Å². The van der Waals surface area contributed by atoms with E-state index in [1.807, 2.05) is 17.0 Å². The molecule has 45 heavy (non-hydrogen) atoms. The highest BCUT2D eigenvalue weighted by Crippen LogP contribution is 2.44. The maximum atomic E-state index is 14.7. The second-order valence-corrected chi connectivity index (χ2v) is 15.1. The Bertz CT molecular complexity index is 1350. The van der Waals surface area contributed by atoms with E-state index in [2.05, 4.69) is 55.4 Å². The lowest BCUT2D eigenvalue weighted by atomic mass is 9.85. The minimum Gasteiger partial charge on any atom is -0.492 e. The quantitative estimate of drug-likeness (QED) is 0.141. The maximum Gasteiger partial charge on any atom is 0.337 e. The minimum absolute atomic E-state index is 0.0455. The summed E-state index contributed by atoms with van der Waals surface area (Å²) in [6, 6.07) is 10.5. The van der Waals surface area contributed by atoms with Gasteiger partial charge in [-0.3, -0.25) is 9.79 Å². The molecule has 2 aromatic carbocycles. The zero-order valence-corrected chi connectivity index (χ0v) is 30.1. The lowest BCUT2D eigenvalue weighted by Gasteiger charge is -2.41. The Morgan fingerprint density at radius 3 is 2.27 bits per heavy atom. The van der Waals surface area contributed by atoms with Crippen LogP contribution in [0.15, 0.2) is 41.4 Å². The second-order valence-electron chi connectivity index (χ2n) is 14.3. The summed E-state index contributed by atoms with van der Waals surface area (Å²) in [6.07, 6.45) is 6.33. The van der Waals surface area contributed by atoms with E-state index in [9.17, 15) is 9.59 Å². The minimum atomic E-state index is -0.814. The number of benzene rings is 2. The van der Waals surface area contributed by atoms with Crippen LogP contribution >= 0.6 is 23.2 Å². The molecular weight excluding hydrogens is 607 g/mol. The van der Waals surface area contributed by atoms with Gasteiger partial charge in [0.1, 0.15) is 17.1 Å². The number of rotatable bonds is 15. The van der Waals surface area contributed by atoms with Crippen molar-refractivity contribution in [1.82, 2.24) is 4.90 Å². The van der Waals surface area contributed by atoms with Crippen molar-refractivity contribution >= 4 is 40.8 Å². The standard InChI is InChI=1S/C37H52Cl2N2O4/c1-10-12-25(4)23-37(8)40-33(28-21-32(30(39)22-29(28)38)45-20-11-13-24(2)3)34(42)41(37)31(18-19-36(5,6)7)26-14-16-27(17-15-26)35(43)44-9/h14-17,21-22,24-25,31H,10-13,18-20,23H2,1-9H3/t25?,31-,37?/m1/s1. The van der Waals surface area contributed by atoms with Gasteiger partial charge in [0.2, 0.25) is 0 Å². The largest absolute Gasteiger partial charge is 0.492 e. The molecule has 2 aromatic rings. The summed E-state index contributed by atoms with van der Waals surface area (Å²) in [5.41, 5.74) is 1.49. The van der Waals surface area contributed by atoms with Gasteiger partial charge in [0.25, 0.3) is 5.91 Å². The van der Waals surface area contributed by atoms with Gasteiger partial charge in [-0.2, -0.15) is 0 Å². The average Bonchev–Trinajstić information content (AvgIpc) is 3.20. The molecule has 0 N–H and O–H groups in total. The van der Waals surface area contributed by atoms with Crippen molar-refractivity contribution in [3.63, 3.8) is 0 Å². The first-order valence-electron chi connectivity index (χ1n) is 16.3. The first kappa shape index (κ1) is 36.9. The molecular formula is C37H52Cl2N2O4. The van der Waals surface area contributed by atoms with Crippen LogP contribution in [0.1, 0.15) is 128 Å². The van der Waals surface area contributed by atoms with Crippen LogP contribution in [-0.4, -0.2) is 41.9 Å². The van der Waals surface area contributed by atoms with Crippen molar-refractivity contribution in [3.8, 4) is 5.75 Å². The molecule has 0 radical (unpaired) electrons. The van der Waals surface area contributed by atoms with Gasteiger partial charge >= 0.3 is 5.97 Å². The van der Waals surface area contributed by atoms with Crippen LogP contribution in [0.25, 0.3) is 0 Å². The number of hydrogen-bond acceptors (Lipinski definition) is 5. The zero-order valence-electron chi connectivity index (χ0n) is 28.6. The predicted octanol–water partition coefficient (Wildman–Crippen LogP) is 10.3. The van der Waals surface area contributed by atoms with Gasteiger partial charge in [0.15, 0.2) is 0 Å². The first-order chi connectivity index (χ1) is 21.1. The molecule has 2 unspecified atom stereocenters. The first-order valence-corrected chi connectivity index (χ1v) is 17.1. The molecule has 0 saturated carbocycles. The number of esters is 1. The van der Waals surface area contributed by atoms with Crippen LogP contribution in [0.5, 0.6) is 5.75 Å². The molecule has 0 saturated heterocycles. The fourth-order valence-electron chi connectivity index (χ4n) is 6.20. The molecule has 8 heteroatoms. The number of ether oxygens (including phenoxy) is 2. The molecule has 1 aliphatic rings. The summed E-state index contributed by atoms with van der Waals surface area (Å²) in [5.74, 6) is 0.846. The van der Waals surface area contributed by atoms with E-state index >= 15 is 0 Å². The number of nitrogens with zero attached hydrogens (tertiary/aromatic N) is 2. The fourth-order valence-corrected chi connectivity index (χ4v) is 6.72. The monoisotopic (exact) mass is 658 g/mol. The highest BCUT2D eigenvalue weighted by Gasteiger charge is 2.48. The number of aliphatic imine (C=N–C) groups is 1. The summed E-state index contributed by atoms with van der Waals surface area (Å²) >= 11 is 13.3.